The third-order valence-electron chi connectivity index (χ3n) is 5.64. The number of hydrogen-bond donors (Lipinski definition) is 0. The molecule has 0 amide bonds. The van der Waals surface area contributed by atoms with E-state index in [0.717, 1.165) is 55.3 Å². The summed E-state index contributed by atoms with van der Waals surface area (Å²) in [5, 5.41) is 4.77. The molecule has 2 aromatic rings. The summed E-state index contributed by atoms with van der Waals surface area (Å²) in [7, 11) is -2.83. The lowest BCUT2D eigenvalue weighted by atomic mass is 10.2. The summed E-state index contributed by atoms with van der Waals surface area (Å²) >= 11 is 5.66. The van der Waals surface area contributed by atoms with Crippen LogP contribution in [0.15, 0.2) is 24.5 Å². The SMILES string of the molecule is CCn1c(-c2ccncc2)nn(CN2CCN(C3CCS(=O)(=O)C3)CC2)c1=S. The molecule has 0 aliphatic carbocycles. The Bertz CT molecular complexity index is 977. The molecule has 0 aromatic carbocycles. The number of sulfone groups is 1. The van der Waals surface area contributed by atoms with Crippen molar-refractivity contribution < 1.29 is 8.42 Å². The van der Waals surface area contributed by atoms with Crippen molar-refractivity contribution in [2.24, 2.45) is 0 Å². The zero-order valence-electron chi connectivity index (χ0n) is 16.1. The Morgan fingerprint density at radius 2 is 1.89 bits per heavy atom. The Morgan fingerprint density at radius 1 is 1.18 bits per heavy atom. The van der Waals surface area contributed by atoms with Crippen LogP contribution >= 0.6 is 12.2 Å². The second-order valence-electron chi connectivity index (χ2n) is 7.44. The second kappa shape index (κ2) is 8.02. The highest BCUT2D eigenvalue weighted by molar-refractivity contribution is 7.91. The van der Waals surface area contributed by atoms with Gasteiger partial charge in [-0.1, -0.05) is 0 Å². The van der Waals surface area contributed by atoms with E-state index in [4.69, 9.17) is 17.3 Å². The lowest BCUT2D eigenvalue weighted by Crippen LogP contribution is -2.51. The predicted molar refractivity (Wildman–Crippen MR) is 110 cm³/mol. The van der Waals surface area contributed by atoms with Gasteiger partial charge in [0.1, 0.15) is 0 Å². The van der Waals surface area contributed by atoms with Gasteiger partial charge in [0.2, 0.25) is 0 Å². The molecule has 0 N–H and O–H groups in total. The molecule has 28 heavy (non-hydrogen) atoms. The monoisotopic (exact) mass is 422 g/mol. The van der Waals surface area contributed by atoms with E-state index in [9.17, 15) is 8.42 Å². The fourth-order valence-electron chi connectivity index (χ4n) is 4.06. The molecule has 1 atom stereocenters. The number of nitrogens with zero attached hydrogens (tertiary/aromatic N) is 6. The molecule has 2 aliphatic rings. The standard InChI is InChI=1S/C18H26N6O2S2/c1-2-23-17(15-3-6-19-7-4-15)20-24(18(23)27)14-21-8-10-22(11-9-21)16-5-12-28(25,26)13-16/h3-4,6-7,16H,2,5,8-14H2,1H3. The molecule has 0 saturated carbocycles. The molecule has 2 saturated heterocycles. The van der Waals surface area contributed by atoms with Gasteiger partial charge in [0.25, 0.3) is 0 Å². The fraction of sp³-hybridized carbons (Fsp3) is 0.611. The van der Waals surface area contributed by atoms with E-state index in [1.165, 1.54) is 0 Å². The molecule has 0 spiro atoms. The van der Waals surface area contributed by atoms with Crippen molar-refractivity contribution in [3.8, 4) is 11.4 Å². The van der Waals surface area contributed by atoms with Crippen molar-refractivity contribution in [2.75, 3.05) is 37.7 Å². The maximum absolute atomic E-state index is 11.7. The van der Waals surface area contributed by atoms with Gasteiger partial charge in [-0.3, -0.25) is 14.8 Å². The molecule has 0 radical (unpaired) electrons. The highest BCUT2D eigenvalue weighted by Crippen LogP contribution is 2.20. The molecule has 2 aliphatic heterocycles. The molecular weight excluding hydrogens is 396 g/mol. The number of hydrogen-bond acceptors (Lipinski definition) is 7. The second-order valence-corrected chi connectivity index (χ2v) is 10.0. The summed E-state index contributed by atoms with van der Waals surface area (Å²) < 4.78 is 28.1. The average molecular weight is 423 g/mol. The largest absolute Gasteiger partial charge is 0.300 e. The minimum absolute atomic E-state index is 0.187. The zero-order valence-corrected chi connectivity index (χ0v) is 17.7. The molecule has 2 fully saturated rings. The highest BCUT2D eigenvalue weighted by Gasteiger charge is 2.33. The molecule has 4 rings (SSSR count). The summed E-state index contributed by atoms with van der Waals surface area (Å²) in [6, 6.07) is 4.08. The van der Waals surface area contributed by atoms with Crippen molar-refractivity contribution in [1.82, 2.24) is 29.1 Å². The van der Waals surface area contributed by atoms with Gasteiger partial charge >= 0.3 is 0 Å². The van der Waals surface area contributed by atoms with Gasteiger partial charge in [0.15, 0.2) is 20.4 Å². The van der Waals surface area contributed by atoms with Crippen molar-refractivity contribution in [2.45, 2.75) is 32.6 Å². The first kappa shape index (κ1) is 19.7. The first-order valence-electron chi connectivity index (χ1n) is 9.72. The third-order valence-corrected chi connectivity index (χ3v) is 7.82. The molecular formula is C18H26N6O2S2. The van der Waals surface area contributed by atoms with E-state index in [1.54, 1.807) is 12.4 Å². The normalized spacial score (nSPS) is 23.2. The van der Waals surface area contributed by atoms with Crippen molar-refractivity contribution >= 4 is 22.1 Å². The van der Waals surface area contributed by atoms with Gasteiger partial charge in [0.05, 0.1) is 18.2 Å². The minimum Gasteiger partial charge on any atom is -0.300 e. The Labute approximate surface area is 170 Å². The first-order chi connectivity index (χ1) is 13.5. The van der Waals surface area contributed by atoms with Crippen molar-refractivity contribution in [1.29, 1.82) is 0 Å². The Balaban J connectivity index is 1.43. The van der Waals surface area contributed by atoms with Crippen LogP contribution in [0.4, 0.5) is 0 Å². The molecule has 4 heterocycles. The third kappa shape index (κ3) is 4.05. The van der Waals surface area contributed by atoms with Crippen LogP contribution in [0.2, 0.25) is 0 Å². The number of pyridine rings is 1. The van der Waals surface area contributed by atoms with Crippen LogP contribution in [0.25, 0.3) is 11.4 Å². The van der Waals surface area contributed by atoms with Crippen molar-refractivity contribution in [3.63, 3.8) is 0 Å². The van der Waals surface area contributed by atoms with Gasteiger partial charge in [-0.05, 0) is 37.7 Å². The molecule has 8 nitrogen and oxygen atoms in total. The van der Waals surface area contributed by atoms with E-state index in [2.05, 4.69) is 21.7 Å². The van der Waals surface area contributed by atoms with E-state index in [-0.39, 0.29) is 6.04 Å². The number of piperazine rings is 1. The van der Waals surface area contributed by atoms with E-state index in [1.807, 2.05) is 21.4 Å². The van der Waals surface area contributed by atoms with Gasteiger partial charge in [-0.25, -0.2) is 13.1 Å². The Hall–Kier alpha value is -1.62. The van der Waals surface area contributed by atoms with E-state index in [0.29, 0.717) is 18.2 Å². The molecule has 152 valence electrons. The zero-order chi connectivity index (χ0) is 19.7. The van der Waals surface area contributed by atoms with Gasteiger partial charge in [-0.2, -0.15) is 5.10 Å². The number of aromatic nitrogens is 4. The number of rotatable bonds is 5. The lowest BCUT2D eigenvalue weighted by Gasteiger charge is -2.37. The Morgan fingerprint density at radius 3 is 2.50 bits per heavy atom. The topological polar surface area (TPSA) is 76.3 Å². The van der Waals surface area contributed by atoms with Crippen LogP contribution < -0.4 is 0 Å². The van der Waals surface area contributed by atoms with Crippen molar-refractivity contribution in [3.05, 3.63) is 29.3 Å². The van der Waals surface area contributed by atoms with Gasteiger partial charge in [-0.15, -0.1) is 0 Å². The summed E-state index contributed by atoms with van der Waals surface area (Å²) in [4.78, 5) is 8.74. The quantitative estimate of drug-likeness (QED) is 0.672. The Kier molecular flexibility index (Phi) is 5.64. The smallest absolute Gasteiger partial charge is 0.199 e. The molecule has 2 aromatic heterocycles. The van der Waals surface area contributed by atoms with E-state index < -0.39 is 9.84 Å². The lowest BCUT2D eigenvalue weighted by molar-refractivity contribution is 0.0808. The van der Waals surface area contributed by atoms with Crippen LogP contribution in [0, 0.1) is 4.77 Å². The highest BCUT2D eigenvalue weighted by atomic mass is 32.2. The van der Waals surface area contributed by atoms with Crippen LogP contribution in [-0.2, 0) is 23.1 Å². The van der Waals surface area contributed by atoms with Gasteiger partial charge in [0, 0.05) is 56.7 Å². The fourth-order valence-corrected chi connectivity index (χ4v) is 6.13. The van der Waals surface area contributed by atoms with Crippen LogP contribution in [0.3, 0.4) is 0 Å². The van der Waals surface area contributed by atoms with E-state index >= 15 is 0 Å². The summed E-state index contributed by atoms with van der Waals surface area (Å²) in [6.07, 6.45) is 4.29. The maximum Gasteiger partial charge on any atom is 0.199 e. The van der Waals surface area contributed by atoms with Crippen LogP contribution in [0.1, 0.15) is 13.3 Å². The van der Waals surface area contributed by atoms with Crippen LogP contribution in [-0.4, -0.2) is 81.3 Å². The summed E-state index contributed by atoms with van der Waals surface area (Å²) in [5.41, 5.74) is 1.01. The average Bonchev–Trinajstić information content (AvgIpc) is 3.22. The molecule has 1 unspecified atom stereocenters. The predicted octanol–water partition coefficient (Wildman–Crippen LogP) is 1.26. The molecule has 0 bridgehead atoms. The first-order valence-corrected chi connectivity index (χ1v) is 11.9. The van der Waals surface area contributed by atoms with Gasteiger partial charge < -0.3 is 4.57 Å². The summed E-state index contributed by atoms with van der Waals surface area (Å²) in [6.45, 7) is 7.05. The van der Waals surface area contributed by atoms with Crippen LogP contribution in [0.5, 0.6) is 0 Å². The summed E-state index contributed by atoms with van der Waals surface area (Å²) in [5.74, 6) is 1.51. The maximum atomic E-state index is 11.7. The molecule has 10 heteroatoms. The minimum atomic E-state index is -2.83.